The lowest BCUT2D eigenvalue weighted by Gasteiger charge is -1.92. The summed E-state index contributed by atoms with van der Waals surface area (Å²) in [5, 5.41) is 15.2. The van der Waals surface area contributed by atoms with Crippen LogP contribution in [0.3, 0.4) is 0 Å². The number of aromatic hydroxyl groups is 1. The van der Waals surface area contributed by atoms with Crippen LogP contribution in [0.2, 0.25) is 0 Å². The van der Waals surface area contributed by atoms with Crippen LogP contribution in [0, 0.1) is 0 Å². The van der Waals surface area contributed by atoms with E-state index in [1.165, 1.54) is 12.3 Å². The number of hydrogen-bond donors (Lipinski definition) is 1. The van der Waals surface area contributed by atoms with Crippen LogP contribution < -0.4 is 5.73 Å². The molecule has 1 aromatic heterocycles. The minimum absolute atomic E-state index is 0.130. The third-order valence-corrected chi connectivity index (χ3v) is 0.946. The maximum absolute atomic E-state index is 10.3. The Balaban J connectivity index is 3.15. The molecular weight excluding hydrogens is 134 g/mol. The molecule has 0 atom stereocenters. The van der Waals surface area contributed by atoms with E-state index in [4.69, 9.17) is 10.8 Å². The molecule has 1 heterocycles. The summed E-state index contributed by atoms with van der Waals surface area (Å²) >= 11 is 0. The third kappa shape index (κ3) is 1.02. The van der Waals surface area contributed by atoms with Crippen LogP contribution in [0.1, 0.15) is 10.4 Å². The van der Waals surface area contributed by atoms with Crippen LogP contribution in [0.25, 0.3) is 0 Å². The fourth-order valence-electron chi connectivity index (χ4n) is 0.502. The second-order valence-electron chi connectivity index (χ2n) is 1.60. The summed E-state index contributed by atoms with van der Waals surface area (Å²) in [4.78, 5) is 10.3. The standard InChI is InChI=1S/C5H4N3O2/c6-4(9)3-1-2-7-8-5(3)10/h1-2,6H,(H,8,10). The number of carbonyl (C=O) groups excluding carboxylic acids is 1. The summed E-state index contributed by atoms with van der Waals surface area (Å²) in [6, 6.07) is 1.23. The molecule has 0 saturated heterocycles. The Morgan fingerprint density at radius 2 is 2.40 bits per heavy atom. The zero-order valence-electron chi connectivity index (χ0n) is 4.90. The van der Waals surface area contributed by atoms with Crippen molar-refractivity contribution in [2.75, 3.05) is 0 Å². The Morgan fingerprint density at radius 1 is 1.70 bits per heavy atom. The fourth-order valence-corrected chi connectivity index (χ4v) is 0.502. The van der Waals surface area contributed by atoms with Gasteiger partial charge in [-0.15, -0.1) is 5.10 Å². The van der Waals surface area contributed by atoms with Crippen molar-refractivity contribution < 1.29 is 9.90 Å². The smallest absolute Gasteiger partial charge is 0.275 e. The summed E-state index contributed by atoms with van der Waals surface area (Å²) in [7, 11) is 0. The average molecular weight is 138 g/mol. The van der Waals surface area contributed by atoms with Crippen molar-refractivity contribution in [2.45, 2.75) is 0 Å². The quantitative estimate of drug-likeness (QED) is 0.572. The number of nitrogens with one attached hydrogen (secondary N) is 1. The first-order chi connectivity index (χ1) is 4.72. The van der Waals surface area contributed by atoms with Crippen molar-refractivity contribution >= 4 is 5.91 Å². The molecule has 0 saturated carbocycles. The topological polar surface area (TPSA) is 86.9 Å². The van der Waals surface area contributed by atoms with E-state index in [9.17, 15) is 4.79 Å². The Labute approximate surface area is 56.5 Å². The molecule has 1 radical (unpaired) electrons. The average Bonchev–Trinajstić information content (AvgIpc) is 1.88. The van der Waals surface area contributed by atoms with Crippen molar-refractivity contribution in [3.05, 3.63) is 17.8 Å². The predicted octanol–water partition coefficient (Wildman–Crippen LogP) is -0.395. The van der Waals surface area contributed by atoms with Gasteiger partial charge in [-0.1, -0.05) is 0 Å². The number of amides is 1. The van der Waals surface area contributed by atoms with Crippen LogP contribution in [-0.2, 0) is 0 Å². The van der Waals surface area contributed by atoms with Crippen LogP contribution in [0.5, 0.6) is 5.88 Å². The van der Waals surface area contributed by atoms with E-state index in [-0.39, 0.29) is 5.56 Å². The van der Waals surface area contributed by atoms with Gasteiger partial charge in [-0.05, 0) is 6.07 Å². The molecule has 0 unspecified atom stereocenters. The summed E-state index contributed by atoms with van der Waals surface area (Å²) < 4.78 is 0. The highest BCUT2D eigenvalue weighted by Crippen LogP contribution is 2.08. The molecule has 0 fully saturated rings. The van der Waals surface area contributed by atoms with E-state index >= 15 is 0 Å². The lowest BCUT2D eigenvalue weighted by Crippen LogP contribution is -2.00. The molecule has 1 aromatic rings. The molecule has 0 aromatic carbocycles. The van der Waals surface area contributed by atoms with Crippen molar-refractivity contribution in [3.8, 4) is 5.88 Å². The summed E-state index contributed by atoms with van der Waals surface area (Å²) in [5.74, 6) is -1.46. The lowest BCUT2D eigenvalue weighted by atomic mass is 10.3. The molecule has 5 nitrogen and oxygen atoms in total. The highest BCUT2D eigenvalue weighted by Gasteiger charge is 2.07. The Morgan fingerprint density at radius 3 is 2.80 bits per heavy atom. The molecule has 0 aliphatic rings. The van der Waals surface area contributed by atoms with E-state index in [0.717, 1.165) is 0 Å². The largest absolute Gasteiger partial charge is 0.492 e. The highest BCUT2D eigenvalue weighted by atomic mass is 16.3. The van der Waals surface area contributed by atoms with E-state index in [1.807, 2.05) is 0 Å². The molecule has 51 valence electrons. The Hall–Kier alpha value is -1.65. The van der Waals surface area contributed by atoms with Gasteiger partial charge in [0.2, 0.25) is 5.88 Å². The normalized spacial score (nSPS) is 9.20. The summed E-state index contributed by atoms with van der Waals surface area (Å²) in [6.07, 6.45) is 1.24. The molecule has 10 heavy (non-hydrogen) atoms. The Kier molecular flexibility index (Phi) is 1.49. The minimum atomic E-state index is -0.965. The molecule has 1 rings (SSSR count). The first-order valence-electron chi connectivity index (χ1n) is 2.48. The van der Waals surface area contributed by atoms with Crippen molar-refractivity contribution in [3.63, 3.8) is 0 Å². The SMILES string of the molecule is [NH]C(=O)c1ccnnc1O. The second kappa shape index (κ2) is 2.30. The molecule has 0 aliphatic carbocycles. The van der Waals surface area contributed by atoms with Gasteiger partial charge in [-0.25, -0.2) is 0 Å². The number of rotatable bonds is 1. The van der Waals surface area contributed by atoms with Crippen molar-refractivity contribution in [1.29, 1.82) is 0 Å². The van der Waals surface area contributed by atoms with Crippen molar-refractivity contribution in [1.82, 2.24) is 15.9 Å². The van der Waals surface area contributed by atoms with Crippen molar-refractivity contribution in [2.24, 2.45) is 0 Å². The van der Waals surface area contributed by atoms with Gasteiger partial charge in [0, 0.05) is 0 Å². The zero-order valence-corrected chi connectivity index (χ0v) is 4.90. The summed E-state index contributed by atoms with van der Waals surface area (Å²) in [6.45, 7) is 0. The predicted molar refractivity (Wildman–Crippen MR) is 31.1 cm³/mol. The molecule has 5 heteroatoms. The van der Waals surface area contributed by atoms with Gasteiger partial charge in [-0.3, -0.25) is 10.5 Å². The van der Waals surface area contributed by atoms with Crippen LogP contribution in [0.4, 0.5) is 0 Å². The molecule has 1 amide bonds. The first-order valence-corrected chi connectivity index (χ1v) is 2.48. The van der Waals surface area contributed by atoms with Gasteiger partial charge >= 0.3 is 0 Å². The zero-order chi connectivity index (χ0) is 7.56. The van der Waals surface area contributed by atoms with E-state index in [1.54, 1.807) is 0 Å². The maximum atomic E-state index is 10.3. The fraction of sp³-hybridized carbons (Fsp3) is 0. The van der Waals surface area contributed by atoms with E-state index in [0.29, 0.717) is 0 Å². The minimum Gasteiger partial charge on any atom is -0.492 e. The van der Waals surface area contributed by atoms with Gasteiger partial charge in [0.05, 0.1) is 6.20 Å². The second-order valence-corrected chi connectivity index (χ2v) is 1.60. The van der Waals surface area contributed by atoms with Crippen LogP contribution in [0.15, 0.2) is 12.3 Å². The van der Waals surface area contributed by atoms with E-state index < -0.39 is 11.8 Å². The number of hydrogen-bond acceptors (Lipinski definition) is 4. The van der Waals surface area contributed by atoms with Gasteiger partial charge < -0.3 is 5.11 Å². The Bertz CT molecular complexity index is 261. The van der Waals surface area contributed by atoms with Gasteiger partial charge in [-0.2, -0.15) is 5.10 Å². The van der Waals surface area contributed by atoms with Gasteiger partial charge in [0.15, 0.2) is 0 Å². The van der Waals surface area contributed by atoms with Crippen LogP contribution in [-0.4, -0.2) is 21.2 Å². The highest BCUT2D eigenvalue weighted by molar-refractivity contribution is 5.94. The summed E-state index contributed by atoms with van der Waals surface area (Å²) in [5.41, 5.74) is 6.46. The molecule has 0 spiro atoms. The monoisotopic (exact) mass is 138 g/mol. The van der Waals surface area contributed by atoms with Gasteiger partial charge in [0.1, 0.15) is 5.56 Å². The molecular formula is C5H4N3O2. The number of aromatic nitrogens is 2. The number of carbonyl (C=O) groups is 1. The first kappa shape index (κ1) is 6.47. The molecule has 0 bridgehead atoms. The third-order valence-electron chi connectivity index (χ3n) is 0.946. The van der Waals surface area contributed by atoms with E-state index in [2.05, 4.69) is 10.2 Å². The maximum Gasteiger partial charge on any atom is 0.275 e. The van der Waals surface area contributed by atoms with Gasteiger partial charge in [0.25, 0.3) is 5.91 Å². The van der Waals surface area contributed by atoms with Crippen LogP contribution >= 0.6 is 0 Å². The lowest BCUT2D eigenvalue weighted by molar-refractivity contribution is 0.0988. The number of nitrogens with zero attached hydrogens (tertiary/aromatic N) is 2. The molecule has 0 aliphatic heterocycles. The molecule has 2 N–H and O–H groups in total.